The molecular weight excluding hydrogens is 253 g/mol. The maximum Gasteiger partial charge on any atom is 0.252 e. The van der Waals surface area contributed by atoms with Crippen molar-refractivity contribution in [2.45, 2.75) is 13.3 Å². The first-order chi connectivity index (χ1) is 8.65. The Morgan fingerprint density at radius 3 is 2.94 bits per heavy atom. The summed E-state index contributed by atoms with van der Waals surface area (Å²) in [7, 11) is 0. The van der Waals surface area contributed by atoms with E-state index in [2.05, 4.69) is 15.3 Å². The minimum Gasteiger partial charge on any atom is -0.352 e. The lowest BCUT2D eigenvalue weighted by Gasteiger charge is -2.03. The van der Waals surface area contributed by atoms with Crippen molar-refractivity contribution in [1.29, 1.82) is 0 Å². The van der Waals surface area contributed by atoms with Crippen LogP contribution in [0.4, 0.5) is 4.39 Å². The van der Waals surface area contributed by atoms with Crippen molar-refractivity contribution in [2.75, 3.05) is 6.54 Å². The van der Waals surface area contributed by atoms with Crippen LogP contribution in [0.15, 0.2) is 23.7 Å². The van der Waals surface area contributed by atoms with E-state index in [0.29, 0.717) is 18.5 Å². The molecular formula is C12H12FN3OS. The van der Waals surface area contributed by atoms with Gasteiger partial charge < -0.3 is 5.32 Å². The number of aryl methyl sites for hydroxylation is 1. The molecule has 0 fully saturated rings. The van der Waals surface area contributed by atoms with E-state index < -0.39 is 5.95 Å². The third kappa shape index (κ3) is 3.33. The first kappa shape index (κ1) is 12.6. The third-order valence-electron chi connectivity index (χ3n) is 2.32. The second kappa shape index (κ2) is 5.68. The number of rotatable bonds is 4. The molecule has 0 saturated carbocycles. The number of aromatic nitrogens is 2. The standard InChI is InChI=1S/C12H12FN3OS/c1-8-16-10(7-18-8)4-5-14-12(17)9-2-3-11(13)15-6-9/h2-3,6-7H,4-5H2,1H3,(H,14,17). The van der Waals surface area contributed by atoms with Gasteiger partial charge in [0.1, 0.15) is 0 Å². The van der Waals surface area contributed by atoms with Crippen molar-refractivity contribution >= 4 is 17.2 Å². The molecule has 2 aromatic heterocycles. The highest BCUT2D eigenvalue weighted by molar-refractivity contribution is 7.09. The van der Waals surface area contributed by atoms with Gasteiger partial charge in [-0.25, -0.2) is 9.97 Å². The summed E-state index contributed by atoms with van der Waals surface area (Å²) >= 11 is 1.59. The maximum atomic E-state index is 12.6. The number of amides is 1. The van der Waals surface area contributed by atoms with Gasteiger partial charge in [0.2, 0.25) is 5.95 Å². The molecule has 6 heteroatoms. The van der Waals surface area contributed by atoms with Gasteiger partial charge in [0.05, 0.1) is 16.3 Å². The van der Waals surface area contributed by atoms with E-state index in [1.54, 1.807) is 11.3 Å². The Kier molecular flexibility index (Phi) is 3.99. The SMILES string of the molecule is Cc1nc(CCNC(=O)c2ccc(F)nc2)cs1. The summed E-state index contributed by atoms with van der Waals surface area (Å²) in [5.41, 5.74) is 1.32. The van der Waals surface area contributed by atoms with E-state index in [1.165, 1.54) is 18.3 Å². The van der Waals surface area contributed by atoms with Crippen LogP contribution in [0.1, 0.15) is 21.1 Å². The Labute approximate surface area is 108 Å². The van der Waals surface area contributed by atoms with Crippen molar-refractivity contribution in [3.8, 4) is 0 Å². The van der Waals surface area contributed by atoms with Crippen LogP contribution >= 0.6 is 11.3 Å². The highest BCUT2D eigenvalue weighted by Crippen LogP contribution is 2.07. The molecule has 94 valence electrons. The van der Waals surface area contributed by atoms with Crippen LogP contribution in [0, 0.1) is 12.9 Å². The van der Waals surface area contributed by atoms with Crippen LogP contribution in [0.5, 0.6) is 0 Å². The van der Waals surface area contributed by atoms with Crippen LogP contribution in [-0.4, -0.2) is 22.4 Å². The summed E-state index contributed by atoms with van der Waals surface area (Å²) in [4.78, 5) is 19.4. The highest BCUT2D eigenvalue weighted by Gasteiger charge is 2.06. The minimum atomic E-state index is -0.593. The highest BCUT2D eigenvalue weighted by atomic mass is 32.1. The molecule has 0 aliphatic rings. The zero-order valence-corrected chi connectivity index (χ0v) is 10.6. The monoisotopic (exact) mass is 265 g/mol. The molecule has 0 unspecified atom stereocenters. The second-order valence-corrected chi connectivity index (χ2v) is 4.80. The summed E-state index contributed by atoms with van der Waals surface area (Å²) in [5, 5.41) is 5.73. The minimum absolute atomic E-state index is 0.255. The summed E-state index contributed by atoms with van der Waals surface area (Å²) in [6, 6.07) is 2.57. The lowest BCUT2D eigenvalue weighted by molar-refractivity contribution is 0.0953. The van der Waals surface area contributed by atoms with E-state index in [0.717, 1.165) is 10.7 Å². The molecule has 1 amide bonds. The zero-order valence-electron chi connectivity index (χ0n) is 9.81. The van der Waals surface area contributed by atoms with Crippen LogP contribution < -0.4 is 5.32 Å². The van der Waals surface area contributed by atoms with E-state index in [1.807, 2.05) is 12.3 Å². The number of nitrogens with one attached hydrogen (secondary N) is 1. The summed E-state index contributed by atoms with van der Waals surface area (Å²) in [5.74, 6) is -0.848. The van der Waals surface area contributed by atoms with Gasteiger partial charge in [0.25, 0.3) is 5.91 Å². The maximum absolute atomic E-state index is 12.6. The van der Waals surface area contributed by atoms with E-state index in [9.17, 15) is 9.18 Å². The lowest BCUT2D eigenvalue weighted by Crippen LogP contribution is -2.25. The van der Waals surface area contributed by atoms with Crippen molar-refractivity contribution in [3.63, 3.8) is 0 Å². The number of pyridine rings is 1. The van der Waals surface area contributed by atoms with E-state index in [4.69, 9.17) is 0 Å². The number of carbonyl (C=O) groups excluding carboxylic acids is 1. The Morgan fingerprint density at radius 1 is 1.50 bits per heavy atom. The predicted octanol–water partition coefficient (Wildman–Crippen LogP) is 1.96. The largest absolute Gasteiger partial charge is 0.352 e. The Bertz CT molecular complexity index is 539. The number of nitrogens with zero attached hydrogens (tertiary/aromatic N) is 2. The molecule has 18 heavy (non-hydrogen) atoms. The molecule has 0 atom stereocenters. The topological polar surface area (TPSA) is 54.9 Å². The fourth-order valence-electron chi connectivity index (χ4n) is 1.44. The Balaban J connectivity index is 1.83. The number of thiazole rings is 1. The van der Waals surface area contributed by atoms with Crippen molar-refractivity contribution in [3.05, 3.63) is 45.9 Å². The van der Waals surface area contributed by atoms with Crippen LogP contribution in [0.3, 0.4) is 0 Å². The quantitative estimate of drug-likeness (QED) is 0.860. The Morgan fingerprint density at radius 2 is 2.33 bits per heavy atom. The normalized spacial score (nSPS) is 10.3. The zero-order chi connectivity index (χ0) is 13.0. The Hall–Kier alpha value is -1.82. The molecule has 2 heterocycles. The first-order valence-corrected chi connectivity index (χ1v) is 6.34. The van der Waals surface area contributed by atoms with E-state index >= 15 is 0 Å². The van der Waals surface area contributed by atoms with Crippen molar-refractivity contribution in [1.82, 2.24) is 15.3 Å². The lowest BCUT2D eigenvalue weighted by atomic mass is 10.2. The van der Waals surface area contributed by atoms with Crippen LogP contribution in [0.2, 0.25) is 0 Å². The summed E-state index contributed by atoms with van der Waals surface area (Å²) in [6.07, 6.45) is 1.91. The molecule has 0 radical (unpaired) electrons. The number of carbonyl (C=O) groups is 1. The molecule has 0 bridgehead atoms. The molecule has 0 aliphatic carbocycles. The van der Waals surface area contributed by atoms with Gasteiger partial charge in [-0.1, -0.05) is 0 Å². The van der Waals surface area contributed by atoms with Gasteiger partial charge >= 0.3 is 0 Å². The first-order valence-electron chi connectivity index (χ1n) is 5.46. The van der Waals surface area contributed by atoms with Gasteiger partial charge in [0.15, 0.2) is 0 Å². The summed E-state index contributed by atoms with van der Waals surface area (Å²) in [6.45, 7) is 2.44. The van der Waals surface area contributed by atoms with Crippen LogP contribution in [-0.2, 0) is 6.42 Å². The predicted molar refractivity (Wildman–Crippen MR) is 67.1 cm³/mol. The van der Waals surface area contributed by atoms with Crippen LogP contribution in [0.25, 0.3) is 0 Å². The molecule has 2 aromatic rings. The number of halogens is 1. The van der Waals surface area contributed by atoms with Gasteiger partial charge in [-0.3, -0.25) is 4.79 Å². The average molecular weight is 265 g/mol. The number of hydrogen-bond acceptors (Lipinski definition) is 4. The van der Waals surface area contributed by atoms with E-state index in [-0.39, 0.29) is 5.91 Å². The second-order valence-electron chi connectivity index (χ2n) is 3.73. The number of hydrogen-bond donors (Lipinski definition) is 1. The molecule has 1 N–H and O–H groups in total. The molecule has 4 nitrogen and oxygen atoms in total. The van der Waals surface area contributed by atoms with Gasteiger partial charge in [-0.2, -0.15) is 4.39 Å². The average Bonchev–Trinajstić information content (AvgIpc) is 2.76. The third-order valence-corrected chi connectivity index (χ3v) is 3.15. The molecule has 0 aromatic carbocycles. The fraction of sp³-hybridized carbons (Fsp3) is 0.250. The summed E-state index contributed by atoms with van der Waals surface area (Å²) < 4.78 is 12.6. The molecule has 0 spiro atoms. The van der Waals surface area contributed by atoms with Gasteiger partial charge in [0, 0.05) is 24.5 Å². The van der Waals surface area contributed by atoms with Crippen molar-refractivity contribution in [2.24, 2.45) is 0 Å². The molecule has 0 saturated heterocycles. The smallest absolute Gasteiger partial charge is 0.252 e. The van der Waals surface area contributed by atoms with Crippen molar-refractivity contribution < 1.29 is 9.18 Å². The fourth-order valence-corrected chi connectivity index (χ4v) is 2.09. The molecule has 0 aliphatic heterocycles. The van der Waals surface area contributed by atoms with Gasteiger partial charge in [-0.05, 0) is 19.1 Å². The molecule has 2 rings (SSSR count). The van der Waals surface area contributed by atoms with Gasteiger partial charge in [-0.15, -0.1) is 11.3 Å².